The highest BCUT2D eigenvalue weighted by atomic mass is 35.5. The average Bonchev–Trinajstić information content (AvgIpc) is 2.85. The number of fused-ring (bicyclic) bond motifs is 1. The van der Waals surface area contributed by atoms with E-state index in [1.165, 1.54) is 12.1 Å². The van der Waals surface area contributed by atoms with Crippen molar-refractivity contribution in [3.8, 4) is 11.8 Å². The first-order chi connectivity index (χ1) is 10.1. The number of aromatic nitrogens is 2. The molecule has 0 saturated heterocycles. The predicted octanol–water partition coefficient (Wildman–Crippen LogP) is 4.43. The summed E-state index contributed by atoms with van der Waals surface area (Å²) in [5.74, 6) is 0.301. The highest BCUT2D eigenvalue weighted by Gasteiger charge is 2.15. The Morgan fingerprint density at radius 1 is 1.24 bits per heavy atom. The Morgan fingerprint density at radius 3 is 2.76 bits per heavy atom. The number of hydrogen-bond donors (Lipinski definition) is 0. The van der Waals surface area contributed by atoms with Crippen molar-refractivity contribution in [2.45, 2.75) is 5.88 Å². The molecule has 0 aliphatic rings. The van der Waals surface area contributed by atoms with Gasteiger partial charge in [-0.05, 0) is 30.3 Å². The summed E-state index contributed by atoms with van der Waals surface area (Å²) in [6.07, 6.45) is 0. The molecule has 0 amide bonds. The number of alkyl halides is 1. The zero-order valence-electron chi connectivity index (χ0n) is 10.6. The largest absolute Gasteiger partial charge is 0.294 e. The molecular formula is C15H8Cl2FN3. The number of benzene rings is 2. The van der Waals surface area contributed by atoms with Crippen LogP contribution in [0, 0.1) is 17.1 Å². The Bertz CT molecular complexity index is 880. The molecule has 0 atom stereocenters. The second-order valence-electron chi connectivity index (χ2n) is 4.41. The molecule has 1 heterocycles. The van der Waals surface area contributed by atoms with Gasteiger partial charge in [0.05, 0.1) is 39.3 Å². The summed E-state index contributed by atoms with van der Waals surface area (Å²) in [6, 6.07) is 11.2. The molecular weight excluding hydrogens is 312 g/mol. The summed E-state index contributed by atoms with van der Waals surface area (Å²) in [4.78, 5) is 4.37. The molecule has 3 nitrogen and oxygen atoms in total. The number of imidazole rings is 1. The standard InChI is InChI=1S/C15H8Cl2FN3/c16-7-15-20-12-4-2-10(18)6-14(12)21(15)13-5-9(8-19)1-3-11(13)17/h1-6H,7H2. The van der Waals surface area contributed by atoms with Crippen LogP contribution in [-0.2, 0) is 5.88 Å². The van der Waals surface area contributed by atoms with Gasteiger partial charge in [0.15, 0.2) is 0 Å². The van der Waals surface area contributed by atoms with E-state index < -0.39 is 0 Å². The lowest BCUT2D eigenvalue weighted by Crippen LogP contribution is -2.01. The Kier molecular flexibility index (Phi) is 3.54. The van der Waals surface area contributed by atoms with Gasteiger partial charge in [0.25, 0.3) is 0 Å². The summed E-state index contributed by atoms with van der Waals surface area (Å²) in [6.45, 7) is 0. The molecule has 0 aliphatic carbocycles. The quantitative estimate of drug-likeness (QED) is 0.656. The van der Waals surface area contributed by atoms with Crippen molar-refractivity contribution >= 4 is 34.2 Å². The van der Waals surface area contributed by atoms with E-state index in [1.807, 2.05) is 0 Å². The van der Waals surface area contributed by atoms with E-state index in [2.05, 4.69) is 11.1 Å². The monoisotopic (exact) mass is 319 g/mol. The number of halogens is 3. The van der Waals surface area contributed by atoms with Crippen LogP contribution in [0.3, 0.4) is 0 Å². The lowest BCUT2D eigenvalue weighted by molar-refractivity contribution is 0.629. The zero-order chi connectivity index (χ0) is 15.0. The van der Waals surface area contributed by atoms with Crippen molar-refractivity contribution < 1.29 is 4.39 Å². The molecule has 0 radical (unpaired) electrons. The summed E-state index contributed by atoms with van der Waals surface area (Å²) >= 11 is 12.2. The molecule has 21 heavy (non-hydrogen) atoms. The van der Waals surface area contributed by atoms with Gasteiger partial charge in [0.1, 0.15) is 11.6 Å². The molecule has 0 N–H and O–H groups in total. The maximum absolute atomic E-state index is 13.5. The third kappa shape index (κ3) is 2.35. The van der Waals surface area contributed by atoms with E-state index in [9.17, 15) is 4.39 Å². The van der Waals surface area contributed by atoms with E-state index in [1.54, 1.807) is 28.8 Å². The summed E-state index contributed by atoms with van der Waals surface area (Å²) in [5.41, 5.74) is 2.18. The molecule has 0 saturated carbocycles. The fraction of sp³-hybridized carbons (Fsp3) is 0.0667. The van der Waals surface area contributed by atoms with Crippen molar-refractivity contribution in [3.63, 3.8) is 0 Å². The minimum atomic E-state index is -0.377. The summed E-state index contributed by atoms with van der Waals surface area (Å²) < 4.78 is 15.2. The fourth-order valence-corrected chi connectivity index (χ4v) is 2.59. The minimum absolute atomic E-state index is 0.142. The molecule has 104 valence electrons. The van der Waals surface area contributed by atoms with Crippen LogP contribution in [0.15, 0.2) is 36.4 Å². The van der Waals surface area contributed by atoms with E-state index in [4.69, 9.17) is 28.5 Å². The van der Waals surface area contributed by atoms with Gasteiger partial charge < -0.3 is 0 Å². The van der Waals surface area contributed by atoms with Crippen LogP contribution in [0.4, 0.5) is 4.39 Å². The maximum Gasteiger partial charge on any atom is 0.129 e. The molecule has 3 rings (SSSR count). The first kappa shape index (κ1) is 13.9. The SMILES string of the molecule is N#Cc1ccc(Cl)c(-n2c(CCl)nc3ccc(F)cc32)c1. The minimum Gasteiger partial charge on any atom is -0.294 e. The average molecular weight is 320 g/mol. The molecule has 0 fully saturated rings. The van der Waals surface area contributed by atoms with Crippen LogP contribution in [-0.4, -0.2) is 9.55 Å². The number of rotatable bonds is 2. The van der Waals surface area contributed by atoms with Crippen LogP contribution in [0.1, 0.15) is 11.4 Å². The van der Waals surface area contributed by atoms with Crippen LogP contribution in [0.5, 0.6) is 0 Å². The number of nitriles is 1. The molecule has 0 unspecified atom stereocenters. The first-order valence-electron chi connectivity index (χ1n) is 6.07. The van der Waals surface area contributed by atoms with E-state index in [0.29, 0.717) is 33.1 Å². The van der Waals surface area contributed by atoms with Crippen LogP contribution in [0.2, 0.25) is 5.02 Å². The van der Waals surface area contributed by atoms with E-state index in [-0.39, 0.29) is 11.7 Å². The van der Waals surface area contributed by atoms with E-state index >= 15 is 0 Å². The smallest absolute Gasteiger partial charge is 0.129 e. The highest BCUT2D eigenvalue weighted by Crippen LogP contribution is 2.29. The lowest BCUT2D eigenvalue weighted by atomic mass is 10.2. The van der Waals surface area contributed by atoms with Gasteiger partial charge in [-0.3, -0.25) is 4.57 Å². The van der Waals surface area contributed by atoms with Crippen molar-refractivity contribution in [2.75, 3.05) is 0 Å². The topological polar surface area (TPSA) is 41.6 Å². The van der Waals surface area contributed by atoms with Crippen LogP contribution < -0.4 is 0 Å². The number of hydrogen-bond acceptors (Lipinski definition) is 2. The Labute approximate surface area is 130 Å². The second-order valence-corrected chi connectivity index (χ2v) is 5.08. The van der Waals surface area contributed by atoms with Gasteiger partial charge in [0.2, 0.25) is 0 Å². The van der Waals surface area contributed by atoms with Crippen molar-refractivity contribution in [1.29, 1.82) is 5.26 Å². The third-order valence-corrected chi connectivity index (χ3v) is 3.68. The van der Waals surface area contributed by atoms with E-state index in [0.717, 1.165) is 0 Å². The second kappa shape index (κ2) is 5.36. The molecule has 1 aromatic heterocycles. The van der Waals surface area contributed by atoms with Gasteiger partial charge in [-0.2, -0.15) is 5.26 Å². The molecule has 6 heteroatoms. The van der Waals surface area contributed by atoms with Crippen molar-refractivity contribution in [1.82, 2.24) is 9.55 Å². The first-order valence-corrected chi connectivity index (χ1v) is 6.98. The van der Waals surface area contributed by atoms with Crippen molar-refractivity contribution in [2.24, 2.45) is 0 Å². The van der Waals surface area contributed by atoms with Gasteiger partial charge >= 0.3 is 0 Å². The van der Waals surface area contributed by atoms with Crippen molar-refractivity contribution in [3.05, 3.63) is 58.6 Å². The highest BCUT2D eigenvalue weighted by molar-refractivity contribution is 6.32. The van der Waals surface area contributed by atoms with Gasteiger partial charge in [-0.25, -0.2) is 9.37 Å². The fourth-order valence-electron chi connectivity index (χ4n) is 2.21. The maximum atomic E-state index is 13.5. The Morgan fingerprint density at radius 2 is 2.05 bits per heavy atom. The number of nitrogens with zero attached hydrogens (tertiary/aromatic N) is 3. The summed E-state index contributed by atoms with van der Waals surface area (Å²) in [5, 5.41) is 9.46. The zero-order valence-corrected chi connectivity index (χ0v) is 12.2. The Balaban J connectivity index is 2.38. The molecule has 3 aromatic rings. The van der Waals surface area contributed by atoms with Crippen LogP contribution in [0.25, 0.3) is 16.7 Å². The van der Waals surface area contributed by atoms with Crippen LogP contribution >= 0.6 is 23.2 Å². The van der Waals surface area contributed by atoms with Gasteiger partial charge in [-0.1, -0.05) is 11.6 Å². The third-order valence-electron chi connectivity index (χ3n) is 3.12. The lowest BCUT2D eigenvalue weighted by Gasteiger charge is -2.10. The molecule has 2 aromatic carbocycles. The Hall–Kier alpha value is -2.09. The normalized spacial score (nSPS) is 10.8. The predicted molar refractivity (Wildman–Crippen MR) is 80.3 cm³/mol. The summed E-state index contributed by atoms with van der Waals surface area (Å²) in [7, 11) is 0. The molecule has 0 aliphatic heterocycles. The molecule has 0 spiro atoms. The molecule has 0 bridgehead atoms. The van der Waals surface area contributed by atoms with Gasteiger partial charge in [-0.15, -0.1) is 11.6 Å². The van der Waals surface area contributed by atoms with Gasteiger partial charge in [0, 0.05) is 6.07 Å².